The number of likely N-dealkylation sites (tertiary alicyclic amines) is 1. The fraction of sp³-hybridized carbons (Fsp3) is 0.944. The molecule has 0 radical (unpaired) electrons. The molecule has 4 N–H and O–H groups in total. The van der Waals surface area contributed by atoms with Gasteiger partial charge in [0.25, 0.3) is 0 Å². The number of hydrogen-bond acceptors (Lipinski definition) is 5. The highest BCUT2D eigenvalue weighted by Crippen LogP contribution is 2.46. The summed E-state index contributed by atoms with van der Waals surface area (Å²) >= 11 is 0. The molecule has 0 bridgehead atoms. The lowest BCUT2D eigenvalue weighted by atomic mass is 9.69. The van der Waals surface area contributed by atoms with Gasteiger partial charge in [-0.1, -0.05) is 39.5 Å². The summed E-state index contributed by atoms with van der Waals surface area (Å²) in [6.45, 7) is 5.13. The van der Waals surface area contributed by atoms with Crippen molar-refractivity contribution in [3.8, 4) is 0 Å². The topological polar surface area (TPSA) is 101 Å². The van der Waals surface area contributed by atoms with Crippen LogP contribution in [-0.2, 0) is 4.79 Å². The minimum absolute atomic E-state index is 0.00359. The Bertz CT molecular complexity index is 374. The van der Waals surface area contributed by atoms with E-state index in [2.05, 4.69) is 0 Å². The van der Waals surface area contributed by atoms with Crippen molar-refractivity contribution in [1.29, 1.82) is 0 Å². The quantitative estimate of drug-likeness (QED) is 0.403. The van der Waals surface area contributed by atoms with Crippen LogP contribution in [0, 0.1) is 10.8 Å². The summed E-state index contributed by atoms with van der Waals surface area (Å²) in [5.41, 5.74) is -0.792. The zero-order valence-electron chi connectivity index (χ0n) is 15.2. The highest BCUT2D eigenvalue weighted by molar-refractivity contribution is 5.66. The van der Waals surface area contributed by atoms with E-state index < -0.39 is 23.0 Å². The highest BCUT2D eigenvalue weighted by atomic mass is 16.4. The largest absolute Gasteiger partial charge is 0.481 e. The molecule has 1 heterocycles. The van der Waals surface area contributed by atoms with Crippen LogP contribution in [0.4, 0.5) is 0 Å². The summed E-state index contributed by atoms with van der Waals surface area (Å²) in [5, 5.41) is 38.3. The lowest BCUT2D eigenvalue weighted by Gasteiger charge is -2.36. The molecule has 1 unspecified atom stereocenters. The molecule has 0 aromatic carbocycles. The molecule has 6 heteroatoms. The molecule has 0 amide bonds. The third kappa shape index (κ3) is 5.69. The van der Waals surface area contributed by atoms with Crippen molar-refractivity contribution in [2.24, 2.45) is 10.8 Å². The molecule has 3 atom stereocenters. The van der Waals surface area contributed by atoms with Crippen LogP contribution in [0.2, 0.25) is 0 Å². The molecule has 6 nitrogen and oxygen atoms in total. The summed E-state index contributed by atoms with van der Waals surface area (Å²) in [4.78, 5) is 12.4. The number of hydrogen-bond donors (Lipinski definition) is 4. The van der Waals surface area contributed by atoms with Gasteiger partial charge in [-0.05, 0) is 19.3 Å². The van der Waals surface area contributed by atoms with Crippen molar-refractivity contribution in [3.63, 3.8) is 0 Å². The third-order valence-corrected chi connectivity index (χ3v) is 5.78. The Hall–Kier alpha value is -0.690. The Morgan fingerprint density at radius 3 is 1.88 bits per heavy atom. The third-order valence-electron chi connectivity index (χ3n) is 5.78. The average molecular weight is 345 g/mol. The number of carboxylic acid groups (broad SMARTS) is 1. The zero-order chi connectivity index (χ0) is 18.2. The van der Waals surface area contributed by atoms with Crippen LogP contribution in [0.1, 0.15) is 65.2 Å². The average Bonchev–Trinajstić information content (AvgIpc) is 2.82. The second-order valence-electron chi connectivity index (χ2n) is 7.88. The van der Waals surface area contributed by atoms with E-state index in [-0.39, 0.29) is 19.6 Å². The van der Waals surface area contributed by atoms with Crippen LogP contribution in [0.5, 0.6) is 0 Å². The van der Waals surface area contributed by atoms with Crippen molar-refractivity contribution in [2.45, 2.75) is 71.4 Å². The molecule has 142 valence electrons. The SMILES string of the molecule is C[C@]1(CO)CN(C(O)CCCCCCCCC(=O)O)C[C@@]1(C)CO. The Balaban J connectivity index is 2.22. The van der Waals surface area contributed by atoms with Crippen LogP contribution >= 0.6 is 0 Å². The maximum absolute atomic E-state index is 10.4. The molecule has 1 aliphatic heterocycles. The van der Waals surface area contributed by atoms with Crippen molar-refractivity contribution < 1.29 is 25.2 Å². The number of rotatable bonds is 12. The van der Waals surface area contributed by atoms with Gasteiger partial charge in [0, 0.05) is 30.3 Å². The molecule has 0 aliphatic carbocycles. The van der Waals surface area contributed by atoms with Gasteiger partial charge in [0.1, 0.15) is 6.23 Å². The summed E-state index contributed by atoms with van der Waals surface area (Å²) < 4.78 is 0. The van der Waals surface area contributed by atoms with Crippen molar-refractivity contribution >= 4 is 5.97 Å². The monoisotopic (exact) mass is 345 g/mol. The fourth-order valence-electron chi connectivity index (χ4n) is 3.52. The molecule has 1 saturated heterocycles. The van der Waals surface area contributed by atoms with Gasteiger partial charge < -0.3 is 20.4 Å². The first-order valence-corrected chi connectivity index (χ1v) is 9.14. The number of aliphatic carboxylic acids is 1. The first kappa shape index (κ1) is 21.4. The number of carbonyl (C=O) groups is 1. The van der Waals surface area contributed by atoms with Crippen LogP contribution in [0.3, 0.4) is 0 Å². The summed E-state index contributed by atoms with van der Waals surface area (Å²) in [7, 11) is 0. The number of unbranched alkanes of at least 4 members (excludes halogenated alkanes) is 5. The van der Waals surface area contributed by atoms with Gasteiger partial charge in [-0.25, -0.2) is 0 Å². The standard InChI is InChI=1S/C18H35NO5/c1-17(13-20)11-19(12-18(17,2)14-21)15(22)9-7-5-3-4-6-8-10-16(23)24/h15,20-22H,3-14H2,1-2H3,(H,23,24)/t15?,17-,18+. The minimum Gasteiger partial charge on any atom is -0.481 e. The van der Waals surface area contributed by atoms with E-state index >= 15 is 0 Å². The van der Waals surface area contributed by atoms with E-state index in [1.54, 1.807) is 0 Å². The van der Waals surface area contributed by atoms with Gasteiger partial charge in [-0.3, -0.25) is 9.69 Å². The molecule has 0 aromatic rings. The van der Waals surface area contributed by atoms with Crippen molar-refractivity contribution in [3.05, 3.63) is 0 Å². The van der Waals surface area contributed by atoms with E-state index in [4.69, 9.17) is 5.11 Å². The Kier molecular flexibility index (Phi) is 8.63. The smallest absolute Gasteiger partial charge is 0.303 e. The van der Waals surface area contributed by atoms with Crippen molar-refractivity contribution in [1.82, 2.24) is 4.90 Å². The van der Waals surface area contributed by atoms with Crippen molar-refractivity contribution in [2.75, 3.05) is 26.3 Å². The fourth-order valence-corrected chi connectivity index (χ4v) is 3.52. The molecular weight excluding hydrogens is 310 g/mol. The normalized spacial score (nSPS) is 29.0. The Labute approximate surface area is 145 Å². The molecule has 24 heavy (non-hydrogen) atoms. The van der Waals surface area contributed by atoms with Gasteiger partial charge in [0.15, 0.2) is 0 Å². The van der Waals surface area contributed by atoms with Gasteiger partial charge in [0.2, 0.25) is 0 Å². The van der Waals surface area contributed by atoms with Crippen LogP contribution in [0.25, 0.3) is 0 Å². The van der Waals surface area contributed by atoms with Gasteiger partial charge >= 0.3 is 5.97 Å². The Morgan fingerprint density at radius 1 is 0.958 bits per heavy atom. The number of nitrogens with zero attached hydrogens (tertiary/aromatic N) is 1. The highest BCUT2D eigenvalue weighted by Gasteiger charge is 2.52. The second-order valence-corrected chi connectivity index (χ2v) is 7.88. The molecule has 0 spiro atoms. The lowest BCUT2D eigenvalue weighted by molar-refractivity contribution is -0.137. The van der Waals surface area contributed by atoms with Gasteiger partial charge in [-0.2, -0.15) is 0 Å². The first-order chi connectivity index (χ1) is 11.3. The molecule has 0 saturated carbocycles. The second kappa shape index (κ2) is 9.70. The minimum atomic E-state index is -0.728. The predicted octanol–water partition coefficient (Wildman–Crippen LogP) is 1.82. The molecular formula is C18H35NO5. The molecule has 1 fully saturated rings. The van der Waals surface area contributed by atoms with E-state index in [9.17, 15) is 20.1 Å². The van der Waals surface area contributed by atoms with E-state index in [1.807, 2.05) is 18.7 Å². The summed E-state index contributed by atoms with van der Waals surface area (Å²) in [6.07, 6.45) is 6.17. The van der Waals surface area contributed by atoms with Crippen LogP contribution in [-0.4, -0.2) is 63.8 Å². The Morgan fingerprint density at radius 2 is 1.42 bits per heavy atom. The van der Waals surface area contributed by atoms with E-state index in [0.717, 1.165) is 38.5 Å². The van der Waals surface area contributed by atoms with E-state index in [1.165, 1.54) is 0 Å². The molecule has 1 rings (SSSR count). The van der Waals surface area contributed by atoms with Gasteiger partial charge in [-0.15, -0.1) is 0 Å². The summed E-state index contributed by atoms with van der Waals surface area (Å²) in [5.74, 6) is -0.728. The van der Waals surface area contributed by atoms with Crippen LogP contribution in [0.15, 0.2) is 0 Å². The van der Waals surface area contributed by atoms with Gasteiger partial charge in [0.05, 0.1) is 13.2 Å². The van der Waals surface area contributed by atoms with E-state index in [0.29, 0.717) is 19.5 Å². The molecule has 0 aromatic heterocycles. The lowest BCUT2D eigenvalue weighted by Crippen LogP contribution is -2.41. The molecule has 1 aliphatic rings. The first-order valence-electron chi connectivity index (χ1n) is 9.14. The maximum Gasteiger partial charge on any atom is 0.303 e. The number of carboxylic acids is 1. The maximum atomic E-state index is 10.4. The van der Waals surface area contributed by atoms with Crippen LogP contribution < -0.4 is 0 Å². The predicted molar refractivity (Wildman–Crippen MR) is 92.5 cm³/mol. The number of aliphatic hydroxyl groups excluding tert-OH is 3. The zero-order valence-corrected chi connectivity index (χ0v) is 15.2. The number of aliphatic hydroxyl groups is 3. The summed E-state index contributed by atoms with van der Waals surface area (Å²) in [6, 6.07) is 0.